The molecule has 0 fully saturated rings. The molecule has 1 aliphatic heterocycles. The molecular formula is C19H18N6O2S. The highest BCUT2D eigenvalue weighted by atomic mass is 32.1. The van der Waals surface area contributed by atoms with Gasteiger partial charge < -0.3 is 10.7 Å². The number of benzene rings is 1. The second kappa shape index (κ2) is 7.28. The largest absolute Gasteiger partial charge is 0.364 e. The first kappa shape index (κ1) is 17.9. The predicted molar refractivity (Wildman–Crippen MR) is 110 cm³/mol. The van der Waals surface area contributed by atoms with E-state index in [0.717, 1.165) is 29.9 Å². The highest BCUT2D eigenvalue weighted by Crippen LogP contribution is 2.26. The number of H-pyrrole nitrogens is 1. The van der Waals surface area contributed by atoms with Crippen LogP contribution in [0.3, 0.4) is 0 Å². The molecule has 8 nitrogen and oxygen atoms in total. The molecule has 2 amide bonds. The number of hydrogen-bond donors (Lipinski definition) is 3. The van der Waals surface area contributed by atoms with Crippen LogP contribution in [0.4, 0.5) is 10.8 Å². The zero-order chi connectivity index (χ0) is 19.7. The number of aromatic nitrogens is 2. The summed E-state index contributed by atoms with van der Waals surface area (Å²) in [7, 11) is 0. The van der Waals surface area contributed by atoms with Crippen LogP contribution in [0.1, 0.15) is 34.2 Å². The van der Waals surface area contributed by atoms with E-state index >= 15 is 0 Å². The van der Waals surface area contributed by atoms with Crippen molar-refractivity contribution >= 4 is 39.7 Å². The van der Waals surface area contributed by atoms with Gasteiger partial charge in [-0.1, -0.05) is 0 Å². The van der Waals surface area contributed by atoms with Crippen molar-refractivity contribution in [2.24, 2.45) is 10.8 Å². The molecule has 0 atom stereocenters. The van der Waals surface area contributed by atoms with E-state index in [0.29, 0.717) is 22.1 Å². The molecule has 1 aromatic carbocycles. The summed E-state index contributed by atoms with van der Waals surface area (Å²) in [6, 6.07) is 8.94. The zero-order valence-corrected chi connectivity index (χ0v) is 15.9. The molecule has 0 aliphatic carbocycles. The van der Waals surface area contributed by atoms with Crippen LogP contribution in [-0.2, 0) is 0 Å². The Morgan fingerprint density at radius 3 is 2.71 bits per heavy atom. The number of carbonyl (C=O) groups excluding carboxylic acids is 2. The Hall–Kier alpha value is -3.46. The monoisotopic (exact) mass is 394 g/mol. The maximum Gasteiger partial charge on any atom is 0.265 e. The van der Waals surface area contributed by atoms with Gasteiger partial charge in [-0.15, -0.1) is 11.3 Å². The van der Waals surface area contributed by atoms with Crippen LogP contribution < -0.4 is 16.1 Å². The first-order valence-electron chi connectivity index (χ1n) is 8.67. The third kappa shape index (κ3) is 3.65. The second-order valence-electron chi connectivity index (χ2n) is 6.41. The van der Waals surface area contributed by atoms with Crippen molar-refractivity contribution in [3.05, 3.63) is 53.2 Å². The minimum absolute atomic E-state index is 0.236. The maximum absolute atomic E-state index is 12.5. The SMILES string of the molecule is CC1=NN(c2ccc(C(=O)Nc3nc(-c4c[nH]c(C(N)=O)c4)cs3)cc2)CC1. The summed E-state index contributed by atoms with van der Waals surface area (Å²) in [5.41, 5.74) is 9.55. The van der Waals surface area contributed by atoms with Gasteiger partial charge in [0.2, 0.25) is 0 Å². The lowest BCUT2D eigenvalue weighted by Gasteiger charge is -2.13. The number of anilines is 2. The van der Waals surface area contributed by atoms with Crippen molar-refractivity contribution < 1.29 is 9.59 Å². The van der Waals surface area contributed by atoms with Crippen molar-refractivity contribution in [3.63, 3.8) is 0 Å². The molecular weight excluding hydrogens is 376 g/mol. The van der Waals surface area contributed by atoms with Gasteiger partial charge in [0.15, 0.2) is 5.13 Å². The van der Waals surface area contributed by atoms with Crippen molar-refractivity contribution in [2.75, 3.05) is 16.9 Å². The molecule has 0 bridgehead atoms. The van der Waals surface area contributed by atoms with Crippen molar-refractivity contribution in [2.45, 2.75) is 13.3 Å². The summed E-state index contributed by atoms with van der Waals surface area (Å²) < 4.78 is 0. The standard InChI is InChI=1S/C19H18N6O2S/c1-11-6-7-25(24-11)14-4-2-12(3-5-14)18(27)23-19-22-16(10-28-19)13-8-15(17(20)26)21-9-13/h2-5,8-10,21H,6-7H2,1H3,(H2,20,26)(H,22,23,27). The smallest absolute Gasteiger partial charge is 0.265 e. The maximum atomic E-state index is 12.5. The van der Waals surface area contributed by atoms with E-state index in [2.05, 4.69) is 20.4 Å². The summed E-state index contributed by atoms with van der Waals surface area (Å²) >= 11 is 1.31. The van der Waals surface area contributed by atoms with Gasteiger partial charge in [-0.2, -0.15) is 5.10 Å². The fraction of sp³-hybridized carbons (Fsp3) is 0.158. The summed E-state index contributed by atoms with van der Waals surface area (Å²) in [4.78, 5) is 30.9. The highest BCUT2D eigenvalue weighted by molar-refractivity contribution is 7.14. The topological polar surface area (TPSA) is 116 Å². The van der Waals surface area contributed by atoms with Crippen LogP contribution in [0.25, 0.3) is 11.3 Å². The molecule has 9 heteroatoms. The molecule has 28 heavy (non-hydrogen) atoms. The number of nitrogens with two attached hydrogens (primary N) is 1. The van der Waals surface area contributed by atoms with Gasteiger partial charge in [0.05, 0.1) is 11.4 Å². The number of hydrazone groups is 1. The van der Waals surface area contributed by atoms with Crippen molar-refractivity contribution in [1.82, 2.24) is 9.97 Å². The number of primary amides is 1. The van der Waals surface area contributed by atoms with Crippen LogP contribution in [0, 0.1) is 0 Å². The molecule has 0 saturated heterocycles. The lowest BCUT2D eigenvalue weighted by molar-refractivity contribution is 0.0994. The summed E-state index contributed by atoms with van der Waals surface area (Å²) in [6.07, 6.45) is 2.61. The number of nitrogens with zero attached hydrogens (tertiary/aromatic N) is 3. The Labute approximate surface area is 165 Å². The third-order valence-corrected chi connectivity index (χ3v) is 5.13. The van der Waals surface area contributed by atoms with E-state index < -0.39 is 5.91 Å². The highest BCUT2D eigenvalue weighted by Gasteiger charge is 2.15. The molecule has 0 spiro atoms. The average Bonchev–Trinajstić information content (AvgIpc) is 3.42. The molecule has 3 heterocycles. The number of carbonyl (C=O) groups is 2. The molecule has 0 saturated carbocycles. The Morgan fingerprint density at radius 1 is 1.29 bits per heavy atom. The number of amides is 2. The van der Waals surface area contributed by atoms with Crippen LogP contribution >= 0.6 is 11.3 Å². The van der Waals surface area contributed by atoms with Gasteiger partial charge in [0.25, 0.3) is 11.8 Å². The minimum atomic E-state index is -0.534. The number of thiazole rings is 1. The van der Waals surface area contributed by atoms with Gasteiger partial charge in [-0.05, 0) is 37.3 Å². The van der Waals surface area contributed by atoms with E-state index in [1.54, 1.807) is 29.8 Å². The summed E-state index contributed by atoms with van der Waals surface area (Å²) in [5.74, 6) is -0.770. The molecule has 4 rings (SSSR count). The predicted octanol–water partition coefficient (Wildman–Crippen LogP) is 3.08. The fourth-order valence-corrected chi connectivity index (χ4v) is 3.58. The quantitative estimate of drug-likeness (QED) is 0.616. The van der Waals surface area contributed by atoms with Crippen LogP contribution in [0.2, 0.25) is 0 Å². The van der Waals surface area contributed by atoms with E-state index in [9.17, 15) is 9.59 Å². The Morgan fingerprint density at radius 2 is 2.07 bits per heavy atom. The Kier molecular flexibility index (Phi) is 4.66. The number of hydrogen-bond acceptors (Lipinski definition) is 6. The summed E-state index contributed by atoms with van der Waals surface area (Å²) in [6.45, 7) is 2.86. The molecule has 3 aromatic rings. The number of aromatic amines is 1. The zero-order valence-electron chi connectivity index (χ0n) is 15.1. The molecule has 0 radical (unpaired) electrons. The van der Waals surface area contributed by atoms with E-state index in [-0.39, 0.29) is 5.91 Å². The first-order chi connectivity index (χ1) is 13.5. The fourth-order valence-electron chi connectivity index (χ4n) is 2.86. The normalized spacial score (nSPS) is 13.5. The van der Waals surface area contributed by atoms with Gasteiger partial charge in [0.1, 0.15) is 5.69 Å². The molecule has 142 valence electrons. The molecule has 0 unspecified atom stereocenters. The van der Waals surface area contributed by atoms with Crippen LogP contribution in [-0.4, -0.2) is 34.0 Å². The first-order valence-corrected chi connectivity index (χ1v) is 9.55. The van der Waals surface area contributed by atoms with Crippen molar-refractivity contribution in [1.29, 1.82) is 0 Å². The van der Waals surface area contributed by atoms with E-state index in [4.69, 9.17) is 5.73 Å². The third-order valence-electron chi connectivity index (χ3n) is 4.37. The minimum Gasteiger partial charge on any atom is -0.364 e. The van der Waals surface area contributed by atoms with Gasteiger partial charge >= 0.3 is 0 Å². The van der Waals surface area contributed by atoms with Crippen molar-refractivity contribution in [3.8, 4) is 11.3 Å². The van der Waals surface area contributed by atoms with Crippen LogP contribution in [0.15, 0.2) is 47.0 Å². The lowest BCUT2D eigenvalue weighted by atomic mass is 10.2. The molecule has 4 N–H and O–H groups in total. The molecule has 2 aromatic heterocycles. The second-order valence-corrected chi connectivity index (χ2v) is 7.27. The Balaban J connectivity index is 1.43. The molecule has 1 aliphatic rings. The lowest BCUT2D eigenvalue weighted by Crippen LogP contribution is -2.14. The van der Waals surface area contributed by atoms with Crippen LogP contribution in [0.5, 0.6) is 0 Å². The number of nitrogens with one attached hydrogen (secondary N) is 2. The number of rotatable bonds is 5. The van der Waals surface area contributed by atoms with Gasteiger partial charge in [-0.3, -0.25) is 19.9 Å². The van der Waals surface area contributed by atoms with E-state index in [1.165, 1.54) is 11.3 Å². The average molecular weight is 394 g/mol. The van der Waals surface area contributed by atoms with Gasteiger partial charge in [-0.25, -0.2) is 4.98 Å². The van der Waals surface area contributed by atoms with E-state index in [1.807, 2.05) is 24.1 Å². The van der Waals surface area contributed by atoms with Gasteiger partial charge in [0, 0.05) is 41.4 Å². The summed E-state index contributed by atoms with van der Waals surface area (Å²) in [5, 5.41) is 11.5. The Bertz CT molecular complexity index is 1070.